The van der Waals surface area contributed by atoms with Crippen molar-refractivity contribution in [2.24, 2.45) is 0 Å². The van der Waals surface area contributed by atoms with E-state index in [1.807, 2.05) is 12.1 Å². The molecule has 0 amide bonds. The Bertz CT molecular complexity index is 1420. The van der Waals surface area contributed by atoms with Crippen molar-refractivity contribution in [1.82, 2.24) is 4.98 Å². The monoisotopic (exact) mass is 524 g/mol. The summed E-state index contributed by atoms with van der Waals surface area (Å²) in [7, 11) is -4.86. The van der Waals surface area contributed by atoms with Crippen LogP contribution >= 0.6 is 0 Å². The Balaban J connectivity index is 1.77. The third-order valence-corrected chi connectivity index (χ3v) is 16.7. The molecule has 4 heteroatoms. The summed E-state index contributed by atoms with van der Waals surface area (Å²) in [5.41, 5.74) is 1.97. The average Bonchev–Trinajstić information content (AvgIpc) is 3.01. The summed E-state index contributed by atoms with van der Waals surface area (Å²) in [6, 6.07) is 54.4. The van der Waals surface area contributed by atoms with Crippen LogP contribution in [0, 0.1) is 11.3 Å². The van der Waals surface area contributed by atoms with Crippen LogP contribution in [-0.2, 0) is 0 Å². The van der Waals surface area contributed by atoms with Crippen molar-refractivity contribution in [2.75, 3.05) is 0 Å². The Labute approximate surface area is 228 Å². The van der Waals surface area contributed by atoms with Gasteiger partial charge in [-0.05, 0) is 34.6 Å². The van der Waals surface area contributed by atoms with Crippen LogP contribution in [0.1, 0.15) is 16.8 Å². The highest BCUT2D eigenvalue weighted by Crippen LogP contribution is 2.27. The van der Waals surface area contributed by atoms with Crippen LogP contribution < -0.4 is 25.7 Å². The van der Waals surface area contributed by atoms with Crippen LogP contribution in [0.5, 0.6) is 0 Å². The number of nitrogens with one attached hydrogen (secondary N) is 1. The van der Waals surface area contributed by atoms with Gasteiger partial charge in [-0.3, -0.25) is 0 Å². The molecule has 5 aromatic rings. The van der Waals surface area contributed by atoms with Crippen molar-refractivity contribution >= 4 is 37.1 Å². The third kappa shape index (κ3) is 4.92. The molecule has 0 heterocycles. The summed E-state index contributed by atoms with van der Waals surface area (Å²) in [4.78, 5) is 4.37. The molecule has 1 atom stereocenters. The van der Waals surface area contributed by atoms with Crippen molar-refractivity contribution < 1.29 is 0 Å². The van der Waals surface area contributed by atoms with Gasteiger partial charge >= 0.3 is 0 Å². The van der Waals surface area contributed by atoms with E-state index in [0.29, 0.717) is 5.56 Å². The van der Waals surface area contributed by atoms with Crippen molar-refractivity contribution in [2.45, 2.75) is 18.8 Å². The minimum absolute atomic E-state index is 0.0668. The fourth-order valence-electron chi connectivity index (χ4n) is 5.54. The van der Waals surface area contributed by atoms with Crippen molar-refractivity contribution in [1.29, 1.82) is 5.26 Å². The van der Waals surface area contributed by atoms with Crippen molar-refractivity contribution in [3.63, 3.8) is 0 Å². The zero-order chi connectivity index (χ0) is 26.4. The van der Waals surface area contributed by atoms with Gasteiger partial charge in [0.05, 0.1) is 11.6 Å². The Morgan fingerprint density at radius 2 is 0.895 bits per heavy atom. The van der Waals surface area contributed by atoms with Crippen LogP contribution in [0.2, 0.25) is 13.1 Å². The molecule has 5 aromatic carbocycles. The second-order valence-corrected chi connectivity index (χ2v) is 17.9. The van der Waals surface area contributed by atoms with Crippen LogP contribution in [0.15, 0.2) is 146 Å². The summed E-state index contributed by atoms with van der Waals surface area (Å²) in [6.45, 7) is 4.91. The first-order valence-electron chi connectivity index (χ1n) is 13.1. The van der Waals surface area contributed by atoms with Gasteiger partial charge in [-0.15, -0.1) is 0 Å². The zero-order valence-corrected chi connectivity index (χ0v) is 23.9. The standard InChI is InChI=1S/C34H32N2Si2/c1-37(30-15-7-3-8-16-30,31-17-9-4-10-18-31)34(29-25-23-28(27-35)24-26-29)36-38(2,32-19-11-5-12-20-32)33-21-13-6-14-22-33/h3-26,34,36H,1-2H3. The molecule has 0 fully saturated rings. The summed E-state index contributed by atoms with van der Waals surface area (Å²) in [6.07, 6.45) is 0. The molecule has 0 aliphatic rings. The molecule has 1 unspecified atom stereocenters. The van der Waals surface area contributed by atoms with Crippen molar-refractivity contribution in [3.8, 4) is 6.07 Å². The maximum Gasteiger partial charge on any atom is 0.187 e. The van der Waals surface area contributed by atoms with Crippen LogP contribution in [0.4, 0.5) is 0 Å². The first-order valence-corrected chi connectivity index (χ1v) is 18.1. The lowest BCUT2D eigenvalue weighted by Crippen LogP contribution is -2.73. The van der Waals surface area contributed by atoms with Gasteiger partial charge in [0.2, 0.25) is 0 Å². The van der Waals surface area contributed by atoms with E-state index in [4.69, 9.17) is 0 Å². The van der Waals surface area contributed by atoms with Crippen LogP contribution in [0.25, 0.3) is 0 Å². The smallest absolute Gasteiger partial charge is 0.187 e. The molecule has 0 aliphatic heterocycles. The van der Waals surface area contributed by atoms with E-state index >= 15 is 0 Å². The van der Waals surface area contributed by atoms with E-state index in [1.165, 1.54) is 26.3 Å². The summed E-state index contributed by atoms with van der Waals surface area (Å²) in [5.74, 6) is 0. The molecule has 1 N–H and O–H groups in total. The summed E-state index contributed by atoms with van der Waals surface area (Å²) in [5, 5.41) is 15.0. The van der Waals surface area contributed by atoms with Crippen molar-refractivity contribution in [3.05, 3.63) is 157 Å². The van der Waals surface area contributed by atoms with Crippen LogP contribution in [-0.4, -0.2) is 16.3 Å². The Kier molecular flexibility index (Phi) is 7.53. The van der Waals surface area contributed by atoms with Gasteiger partial charge < -0.3 is 4.98 Å². The predicted octanol–water partition coefficient (Wildman–Crippen LogP) is 5.01. The molecule has 0 aromatic heterocycles. The average molecular weight is 525 g/mol. The number of hydrogen-bond acceptors (Lipinski definition) is 2. The number of rotatable bonds is 8. The SMILES string of the molecule is C[Si](NC(c1ccc(C#N)cc1)[Si](C)(c1ccccc1)c1ccccc1)(c1ccccc1)c1ccccc1. The highest BCUT2D eigenvalue weighted by atomic mass is 28.3. The minimum atomic E-state index is -2.43. The van der Waals surface area contributed by atoms with Gasteiger partial charge in [-0.25, -0.2) is 0 Å². The van der Waals surface area contributed by atoms with Gasteiger partial charge in [0, 0.05) is 5.67 Å². The highest BCUT2D eigenvalue weighted by molar-refractivity contribution is 7.05. The fourth-order valence-corrected chi connectivity index (χ4v) is 14.3. The van der Waals surface area contributed by atoms with Gasteiger partial charge in [0.15, 0.2) is 8.24 Å². The van der Waals surface area contributed by atoms with Crippen LogP contribution in [0.3, 0.4) is 0 Å². The molecule has 0 saturated carbocycles. The van der Waals surface area contributed by atoms with E-state index in [9.17, 15) is 5.26 Å². The van der Waals surface area contributed by atoms with E-state index in [1.54, 1.807) is 0 Å². The third-order valence-electron chi connectivity index (χ3n) is 7.83. The quantitative estimate of drug-likeness (QED) is 0.290. The first-order chi connectivity index (χ1) is 18.6. The van der Waals surface area contributed by atoms with Gasteiger partial charge in [-0.1, -0.05) is 150 Å². The summed E-state index contributed by atoms with van der Waals surface area (Å²) < 4.78 is 0. The lowest BCUT2D eigenvalue weighted by molar-refractivity contribution is 0.853. The largest absolute Gasteiger partial charge is 0.326 e. The zero-order valence-electron chi connectivity index (χ0n) is 21.9. The molecular formula is C34H32N2Si2. The molecule has 5 rings (SSSR count). The van der Waals surface area contributed by atoms with E-state index in [2.05, 4.69) is 158 Å². The lowest BCUT2D eigenvalue weighted by Gasteiger charge is -2.43. The maximum absolute atomic E-state index is 9.52. The second kappa shape index (κ2) is 11.2. The number of nitriles is 1. The van der Waals surface area contributed by atoms with Gasteiger partial charge in [0.25, 0.3) is 0 Å². The Morgan fingerprint density at radius 1 is 0.526 bits per heavy atom. The summed E-state index contributed by atoms with van der Waals surface area (Å²) >= 11 is 0. The minimum Gasteiger partial charge on any atom is -0.326 e. The first kappa shape index (κ1) is 25.6. The molecule has 186 valence electrons. The molecular weight excluding hydrogens is 493 g/mol. The predicted molar refractivity (Wildman–Crippen MR) is 165 cm³/mol. The Morgan fingerprint density at radius 3 is 1.26 bits per heavy atom. The molecule has 0 radical (unpaired) electrons. The molecule has 0 saturated heterocycles. The molecule has 2 nitrogen and oxygen atoms in total. The molecule has 0 spiro atoms. The normalized spacial score (nSPS) is 12.4. The number of benzene rings is 5. The Hall–Kier alpha value is -4.02. The van der Waals surface area contributed by atoms with Gasteiger partial charge in [-0.2, -0.15) is 5.26 Å². The molecule has 0 aliphatic carbocycles. The van der Waals surface area contributed by atoms with Gasteiger partial charge in [0.1, 0.15) is 8.07 Å². The number of nitrogens with zero attached hydrogens (tertiary/aromatic N) is 1. The van der Waals surface area contributed by atoms with E-state index < -0.39 is 16.3 Å². The molecule has 0 bridgehead atoms. The molecule has 38 heavy (non-hydrogen) atoms. The fraction of sp³-hybridized carbons (Fsp3) is 0.0882. The highest BCUT2D eigenvalue weighted by Gasteiger charge is 2.46. The maximum atomic E-state index is 9.52. The van der Waals surface area contributed by atoms with E-state index in [0.717, 1.165) is 0 Å². The lowest BCUT2D eigenvalue weighted by atomic mass is 10.1. The van der Waals surface area contributed by atoms with E-state index in [-0.39, 0.29) is 5.67 Å². The second-order valence-electron chi connectivity index (χ2n) is 10.1. The number of hydrogen-bond donors (Lipinski definition) is 1. The topological polar surface area (TPSA) is 35.8 Å².